The van der Waals surface area contributed by atoms with Crippen LogP contribution in [0.2, 0.25) is 0 Å². The first-order valence-electron chi connectivity index (χ1n) is 9.32. The molecule has 0 heterocycles. The molecule has 0 saturated carbocycles. The summed E-state index contributed by atoms with van der Waals surface area (Å²) in [6.45, 7) is 7.46. The van der Waals surface area contributed by atoms with Crippen molar-refractivity contribution >= 4 is 27.3 Å². The third kappa shape index (κ3) is 5.02. The number of carbonyl (C=O) groups excluding carboxylic acids is 2. The third-order valence-corrected chi connectivity index (χ3v) is 6.72. The molecule has 0 aliphatic carbocycles. The zero-order chi connectivity index (χ0) is 23.1. The van der Waals surface area contributed by atoms with E-state index >= 15 is 0 Å². The van der Waals surface area contributed by atoms with Gasteiger partial charge in [0.05, 0.1) is 24.0 Å². The van der Waals surface area contributed by atoms with Gasteiger partial charge in [-0.1, -0.05) is 61.7 Å². The van der Waals surface area contributed by atoms with Crippen LogP contribution in [0, 0.1) is 5.41 Å². The number of allylic oxidation sites excluding steroid dienone is 2. The van der Waals surface area contributed by atoms with Crippen molar-refractivity contribution in [2.75, 3.05) is 14.2 Å². The van der Waals surface area contributed by atoms with Crippen LogP contribution < -0.4 is 0 Å². The van der Waals surface area contributed by atoms with Crippen LogP contribution in [0.4, 0.5) is 0 Å². The minimum absolute atomic E-state index is 0.00772. The Morgan fingerprint density at radius 1 is 0.903 bits per heavy atom. The van der Waals surface area contributed by atoms with Crippen LogP contribution in [-0.4, -0.2) is 34.6 Å². The van der Waals surface area contributed by atoms with Gasteiger partial charge in [-0.25, -0.2) is 8.42 Å². The molecule has 31 heavy (non-hydrogen) atoms. The maximum absolute atomic E-state index is 13.2. The molecule has 0 atom stereocenters. The number of ether oxygens (including phenoxy) is 2. The summed E-state index contributed by atoms with van der Waals surface area (Å²) in [4.78, 5) is 25.5. The predicted octanol–water partition coefficient (Wildman–Crippen LogP) is 3.96. The molecule has 0 spiro atoms. The topological polar surface area (TPSA) is 86.7 Å². The Bertz CT molecular complexity index is 1100. The second-order valence-electron chi connectivity index (χ2n) is 6.80. The summed E-state index contributed by atoms with van der Waals surface area (Å²) in [6, 6.07) is 16.6. The highest BCUT2D eigenvalue weighted by Crippen LogP contribution is 2.40. The van der Waals surface area contributed by atoms with Crippen LogP contribution in [0.1, 0.15) is 18.4 Å². The van der Waals surface area contributed by atoms with Crippen molar-refractivity contribution in [3.05, 3.63) is 90.0 Å². The lowest BCUT2D eigenvalue weighted by Crippen LogP contribution is -2.42. The lowest BCUT2D eigenvalue weighted by Gasteiger charge is -2.29. The zero-order valence-electron chi connectivity index (χ0n) is 17.5. The summed E-state index contributed by atoms with van der Waals surface area (Å²) in [5, 5.41) is 0. The molecule has 0 aliphatic rings. The highest BCUT2D eigenvalue weighted by molar-refractivity contribution is 7.95. The van der Waals surface area contributed by atoms with E-state index in [2.05, 4.69) is 18.9 Å². The van der Waals surface area contributed by atoms with Crippen molar-refractivity contribution in [2.45, 2.75) is 17.7 Å². The number of esters is 2. The molecule has 0 radical (unpaired) electrons. The summed E-state index contributed by atoms with van der Waals surface area (Å²) < 4.78 is 36.1. The first kappa shape index (κ1) is 23.9. The fourth-order valence-electron chi connectivity index (χ4n) is 3.23. The molecule has 0 bridgehead atoms. The van der Waals surface area contributed by atoms with E-state index in [4.69, 9.17) is 9.47 Å². The SMILES string of the molecule is C=C=C(CC(CC(=C)c1ccccc1)(C(=O)OC)C(=O)OC)S(=O)(=O)c1ccccc1. The molecule has 162 valence electrons. The van der Waals surface area contributed by atoms with Crippen LogP contribution >= 0.6 is 0 Å². The summed E-state index contributed by atoms with van der Waals surface area (Å²) in [7, 11) is -1.83. The van der Waals surface area contributed by atoms with Gasteiger partial charge in [0.25, 0.3) is 0 Å². The van der Waals surface area contributed by atoms with Gasteiger partial charge in [-0.05, 0) is 29.7 Å². The number of benzene rings is 2. The van der Waals surface area contributed by atoms with E-state index in [1.165, 1.54) is 12.1 Å². The van der Waals surface area contributed by atoms with Crippen LogP contribution in [0.25, 0.3) is 5.57 Å². The van der Waals surface area contributed by atoms with Gasteiger partial charge in [-0.3, -0.25) is 9.59 Å². The molecule has 2 aromatic rings. The fourth-order valence-corrected chi connectivity index (χ4v) is 4.66. The molecular formula is C24H24O6S. The monoisotopic (exact) mass is 440 g/mol. The molecule has 2 rings (SSSR count). The van der Waals surface area contributed by atoms with E-state index in [9.17, 15) is 18.0 Å². The van der Waals surface area contributed by atoms with Gasteiger partial charge in [0, 0.05) is 6.42 Å². The van der Waals surface area contributed by atoms with Gasteiger partial charge in [0.15, 0.2) is 5.41 Å². The van der Waals surface area contributed by atoms with Gasteiger partial charge >= 0.3 is 11.9 Å². The predicted molar refractivity (Wildman–Crippen MR) is 117 cm³/mol. The molecular weight excluding hydrogens is 416 g/mol. The minimum Gasteiger partial charge on any atom is -0.468 e. The molecule has 0 aromatic heterocycles. The lowest BCUT2D eigenvalue weighted by molar-refractivity contribution is -0.168. The molecule has 7 heteroatoms. The number of carbonyl (C=O) groups is 2. The molecule has 0 fully saturated rings. The van der Waals surface area contributed by atoms with Gasteiger partial charge in [-0.15, -0.1) is 5.73 Å². The molecule has 0 N–H and O–H groups in total. The van der Waals surface area contributed by atoms with Gasteiger partial charge in [0.2, 0.25) is 9.84 Å². The van der Waals surface area contributed by atoms with Crippen molar-refractivity contribution in [3.8, 4) is 0 Å². The van der Waals surface area contributed by atoms with E-state index in [0.29, 0.717) is 11.1 Å². The normalized spacial score (nSPS) is 11.2. The standard InChI is InChI=1S/C24H24O6S/c1-5-20(31(27,28)21-14-10-7-11-15-21)17-24(22(25)29-3,23(26)30-4)16-18(2)19-12-8-6-9-13-19/h6-15H,1-2,16-17H2,3-4H3. The Morgan fingerprint density at radius 2 is 1.39 bits per heavy atom. The summed E-state index contributed by atoms with van der Waals surface area (Å²) in [5.41, 5.74) is 1.54. The maximum Gasteiger partial charge on any atom is 0.323 e. The number of hydrogen-bond donors (Lipinski definition) is 0. The molecule has 2 aromatic carbocycles. The smallest absolute Gasteiger partial charge is 0.323 e. The third-order valence-electron chi connectivity index (χ3n) is 4.89. The Labute approximate surface area is 182 Å². The maximum atomic E-state index is 13.2. The van der Waals surface area contributed by atoms with E-state index in [0.717, 1.165) is 14.2 Å². The molecule has 0 unspecified atom stereocenters. The van der Waals surface area contributed by atoms with Crippen molar-refractivity contribution < 1.29 is 27.5 Å². The van der Waals surface area contributed by atoms with Gasteiger partial charge in [-0.2, -0.15) is 0 Å². The number of rotatable bonds is 9. The lowest BCUT2D eigenvalue weighted by atomic mass is 9.77. The second kappa shape index (κ2) is 10.1. The molecule has 6 nitrogen and oxygen atoms in total. The highest BCUT2D eigenvalue weighted by atomic mass is 32.2. The Balaban J connectivity index is 2.58. The molecule has 0 aliphatic heterocycles. The van der Waals surface area contributed by atoms with Gasteiger partial charge in [0.1, 0.15) is 0 Å². The largest absolute Gasteiger partial charge is 0.468 e. The average Bonchev–Trinajstić information content (AvgIpc) is 2.81. The Morgan fingerprint density at radius 3 is 1.84 bits per heavy atom. The van der Waals surface area contributed by atoms with E-state index in [1.807, 2.05) is 6.07 Å². The van der Waals surface area contributed by atoms with Crippen LogP contribution in [-0.2, 0) is 28.9 Å². The number of sulfone groups is 1. The second-order valence-corrected chi connectivity index (χ2v) is 8.78. The quantitative estimate of drug-likeness (QED) is 0.333. The first-order chi connectivity index (χ1) is 14.7. The number of hydrogen-bond acceptors (Lipinski definition) is 6. The van der Waals surface area contributed by atoms with Crippen molar-refractivity contribution in [1.29, 1.82) is 0 Å². The van der Waals surface area contributed by atoms with Crippen LogP contribution in [0.15, 0.2) is 89.4 Å². The van der Waals surface area contributed by atoms with Crippen molar-refractivity contribution in [3.63, 3.8) is 0 Å². The highest BCUT2D eigenvalue weighted by Gasteiger charge is 2.51. The van der Waals surface area contributed by atoms with E-state index in [1.54, 1.807) is 42.5 Å². The minimum atomic E-state index is -4.07. The van der Waals surface area contributed by atoms with Gasteiger partial charge < -0.3 is 9.47 Å². The fraction of sp³-hybridized carbons (Fsp3) is 0.208. The summed E-state index contributed by atoms with van der Waals surface area (Å²) >= 11 is 0. The zero-order valence-corrected chi connectivity index (χ0v) is 18.3. The first-order valence-corrected chi connectivity index (χ1v) is 10.8. The Hall–Kier alpha value is -3.41. The average molecular weight is 441 g/mol. The van der Waals surface area contributed by atoms with E-state index < -0.39 is 33.6 Å². The number of methoxy groups -OCH3 is 2. The van der Waals surface area contributed by atoms with E-state index in [-0.39, 0.29) is 16.2 Å². The summed E-state index contributed by atoms with van der Waals surface area (Å²) in [6.07, 6.45) is -0.759. The Kier molecular flexibility index (Phi) is 7.75. The van der Waals surface area contributed by atoms with Crippen molar-refractivity contribution in [2.24, 2.45) is 5.41 Å². The van der Waals surface area contributed by atoms with Crippen molar-refractivity contribution in [1.82, 2.24) is 0 Å². The van der Waals surface area contributed by atoms with Crippen LogP contribution in [0.3, 0.4) is 0 Å². The van der Waals surface area contributed by atoms with Crippen LogP contribution in [0.5, 0.6) is 0 Å². The summed E-state index contributed by atoms with van der Waals surface area (Å²) in [5.74, 6) is -1.88. The molecule has 0 saturated heterocycles. The molecule has 0 amide bonds.